The number of ether oxygens (including phenoxy) is 2. The molecule has 6 atom stereocenters. The summed E-state index contributed by atoms with van der Waals surface area (Å²) in [7, 11) is 0. The number of benzene rings is 4. The Balaban J connectivity index is -0.00000146. The highest BCUT2D eigenvalue weighted by atomic mass is 32.1. The van der Waals surface area contributed by atoms with Gasteiger partial charge in [0.1, 0.15) is 19.0 Å². The molecule has 0 aromatic heterocycles. The number of primary amides is 3. The molecule has 7 amide bonds. The number of alkyl carbamates (subject to hydrolysis) is 2. The minimum absolute atomic E-state index is 0. The normalized spacial score (nSPS) is 13.7. The third-order valence-corrected chi connectivity index (χ3v) is 18.1. The van der Waals surface area contributed by atoms with Crippen molar-refractivity contribution >= 4 is 140 Å². The van der Waals surface area contributed by atoms with Crippen molar-refractivity contribution in [3.05, 3.63) is 119 Å². The Morgan fingerprint density at radius 3 is 1.04 bits per heavy atom. The lowest BCUT2D eigenvalue weighted by atomic mass is 9.89. The SMILES string of the molecule is C1CCNCC1.CC(C)C[C@H](CC(=O)[C@@H](N)CCCNC(=O)OCC1c2ccccc2-c2ccccc21)C(N)=O.CCCC(=O)N[C@@H](CCCN)C(=O)C[C@@H](CC(C)C)C(N)=O.CCCC(=O)N[C@@H](CCCNC(=O)OCC1c2ccccc2-c2ccccc21)C(=O)C[C@@H](CC(C)C)C(N)=O.S.S.S.S.S.S. The van der Waals surface area contributed by atoms with E-state index in [9.17, 15) is 47.9 Å². The highest BCUT2D eigenvalue weighted by Crippen LogP contribution is 2.46. The summed E-state index contributed by atoms with van der Waals surface area (Å²) >= 11 is 0. The van der Waals surface area contributed by atoms with Crippen LogP contribution in [0.15, 0.2) is 97.1 Å². The monoisotopic (exact) mass is 1600 g/mol. The van der Waals surface area contributed by atoms with E-state index in [1.54, 1.807) is 0 Å². The maximum atomic E-state index is 13.0. The third-order valence-electron chi connectivity index (χ3n) is 18.1. The largest absolute Gasteiger partial charge is 0.449 e. The summed E-state index contributed by atoms with van der Waals surface area (Å²) in [6.07, 6.45) is 9.95. The van der Waals surface area contributed by atoms with E-state index < -0.39 is 65.8 Å². The van der Waals surface area contributed by atoms with Gasteiger partial charge in [-0.15, -0.1) is 0 Å². The molecule has 107 heavy (non-hydrogen) atoms. The first kappa shape index (κ1) is 105. The van der Waals surface area contributed by atoms with Gasteiger partial charge < -0.3 is 64.7 Å². The number of carbonyl (C=O) groups is 10. The third kappa shape index (κ3) is 38.3. The zero-order valence-corrected chi connectivity index (χ0v) is 70.3. The van der Waals surface area contributed by atoms with Crippen LogP contribution in [0, 0.1) is 35.5 Å². The standard InChI is InChI=1S/C31H41N3O5.C27H35N3O4.C16H31N3O3.C5H11N.6H2S/c1-4-10-29(36)34-27(28(35)18-21(30(32)37)17-20(2)3)15-9-16-33-31(38)39-19-26-24-13-7-5-11-22(24)23-12-6-8-14-25(23)26;1-17(2)14-18(26(29)32)15-25(31)24(28)12-7-13-30-27(33)34-16-23-21-10-5-3-8-19(21)20-9-4-6-11-22(20)23;1-4-6-15(21)19-13(7-5-8-17)14(20)10-12(16(18)22)9-11(2)3;1-2-4-6-5-3-1;;;;;;/h5-8,11-14,20-21,26-27H,4,9-10,15-19H2,1-3H3,(H2,32,37)(H,33,38)(H,34,36);3-6,8-11,17-18,23-24H,7,12-16,28H2,1-2H3,(H2,29,32)(H,30,33);11-13H,4-10,17H2,1-3H3,(H2,18,22)(H,19,21);6H,1-5H2;6*1H2/t21-,27+;18-,24+;12-,13+;;;;;;;/m111......./s1. The molecule has 0 saturated carbocycles. The van der Waals surface area contributed by atoms with Crippen molar-refractivity contribution in [3.8, 4) is 22.3 Å². The first-order valence-corrected chi connectivity index (χ1v) is 36.7. The topological polar surface area (TPSA) is 379 Å². The van der Waals surface area contributed by atoms with Crippen LogP contribution in [-0.2, 0) is 47.8 Å². The smallest absolute Gasteiger partial charge is 0.407 e. The molecule has 1 heterocycles. The number of rotatable bonds is 39. The average molecular weight is 1600 g/mol. The number of nitrogens with one attached hydrogen (secondary N) is 5. The van der Waals surface area contributed by atoms with E-state index in [2.05, 4.69) is 75.1 Å². The number of fused-ring (bicyclic) bond motifs is 6. The number of ketones is 3. The molecule has 0 radical (unpaired) electrons. The molecule has 0 bridgehead atoms. The molecule has 2 aliphatic carbocycles. The summed E-state index contributed by atoms with van der Waals surface area (Å²) in [5.74, 6) is -3.10. The zero-order chi connectivity index (χ0) is 74.4. The van der Waals surface area contributed by atoms with Crippen LogP contribution in [0.25, 0.3) is 22.3 Å². The molecule has 15 N–H and O–H groups in total. The Morgan fingerprint density at radius 1 is 0.449 bits per heavy atom. The minimum atomic E-state index is -0.734. The fourth-order valence-electron chi connectivity index (χ4n) is 13.0. The predicted molar refractivity (Wildman–Crippen MR) is 459 cm³/mol. The van der Waals surface area contributed by atoms with E-state index in [1.165, 1.54) is 43.5 Å². The summed E-state index contributed by atoms with van der Waals surface area (Å²) in [5.41, 5.74) is 37.1. The van der Waals surface area contributed by atoms with Gasteiger partial charge in [0.2, 0.25) is 29.5 Å². The van der Waals surface area contributed by atoms with Crippen LogP contribution >= 0.6 is 81.0 Å². The van der Waals surface area contributed by atoms with Crippen LogP contribution in [0.5, 0.6) is 0 Å². The van der Waals surface area contributed by atoms with Crippen molar-refractivity contribution in [2.75, 3.05) is 45.9 Å². The summed E-state index contributed by atoms with van der Waals surface area (Å²) in [5, 5.41) is 14.3. The molecule has 0 spiro atoms. The van der Waals surface area contributed by atoms with Crippen LogP contribution in [0.1, 0.15) is 211 Å². The van der Waals surface area contributed by atoms with Gasteiger partial charge in [0.25, 0.3) is 0 Å². The number of hydrogen-bond acceptors (Lipinski definition) is 15. The summed E-state index contributed by atoms with van der Waals surface area (Å²) < 4.78 is 11.1. The predicted octanol–water partition coefficient (Wildman–Crippen LogP) is 11.0. The van der Waals surface area contributed by atoms with Crippen molar-refractivity contribution in [1.82, 2.24) is 26.6 Å². The summed E-state index contributed by atoms with van der Waals surface area (Å²) in [6, 6.07) is 30.6. The fraction of sp³-hybridized carbons (Fsp3) is 0.570. The van der Waals surface area contributed by atoms with E-state index in [4.69, 9.17) is 38.1 Å². The first-order valence-electron chi connectivity index (χ1n) is 36.7. The first-order chi connectivity index (χ1) is 48.3. The molecule has 28 heteroatoms. The van der Waals surface area contributed by atoms with Gasteiger partial charge in [-0.05, 0) is 165 Å². The number of carbonyl (C=O) groups excluding carboxylic acids is 10. The van der Waals surface area contributed by atoms with Crippen LogP contribution in [0.3, 0.4) is 0 Å². The summed E-state index contributed by atoms with van der Waals surface area (Å²) in [6.45, 7) is 19.7. The highest BCUT2D eigenvalue weighted by molar-refractivity contribution is 7.60. The molecule has 4 aromatic carbocycles. The Hall–Kier alpha value is -6.24. The van der Waals surface area contributed by atoms with Crippen molar-refractivity contribution < 1.29 is 57.4 Å². The van der Waals surface area contributed by atoms with Crippen LogP contribution in [0.4, 0.5) is 9.59 Å². The zero-order valence-electron chi connectivity index (χ0n) is 64.3. The fourth-order valence-corrected chi connectivity index (χ4v) is 13.0. The molecule has 22 nitrogen and oxygen atoms in total. The molecular weight excluding hydrogens is 1470 g/mol. The number of nitrogens with two attached hydrogens (primary N) is 5. The van der Waals surface area contributed by atoms with E-state index in [1.807, 2.05) is 104 Å². The van der Waals surface area contributed by atoms with Crippen LogP contribution < -0.4 is 55.3 Å². The molecule has 604 valence electrons. The van der Waals surface area contributed by atoms with Gasteiger partial charge in [-0.1, -0.05) is 159 Å². The van der Waals surface area contributed by atoms with Crippen LogP contribution in [-0.4, -0.2) is 123 Å². The second kappa shape index (κ2) is 57.8. The highest BCUT2D eigenvalue weighted by Gasteiger charge is 2.33. The van der Waals surface area contributed by atoms with E-state index in [0.717, 1.165) is 39.8 Å². The second-order valence-corrected chi connectivity index (χ2v) is 28.1. The van der Waals surface area contributed by atoms with Gasteiger partial charge in [-0.3, -0.25) is 38.4 Å². The molecule has 1 aliphatic heterocycles. The van der Waals surface area contributed by atoms with Gasteiger partial charge in [0.15, 0.2) is 11.6 Å². The van der Waals surface area contributed by atoms with Crippen molar-refractivity contribution in [1.29, 1.82) is 0 Å². The lowest BCUT2D eigenvalue weighted by Gasteiger charge is -2.21. The molecule has 0 unspecified atom stereocenters. The molecule has 1 fully saturated rings. The van der Waals surface area contributed by atoms with Crippen molar-refractivity contribution in [2.45, 2.75) is 207 Å². The molecular formula is C79H130N10O12S6. The molecule has 4 aromatic rings. The van der Waals surface area contributed by atoms with Gasteiger partial charge in [0.05, 0.1) is 18.1 Å². The maximum Gasteiger partial charge on any atom is 0.407 e. The van der Waals surface area contributed by atoms with Crippen molar-refractivity contribution in [3.63, 3.8) is 0 Å². The number of hydrogen-bond donors (Lipinski definition) is 10. The number of Topliss-reactive ketones (excluding diaryl/α,β-unsaturated/α-hetero) is 3. The van der Waals surface area contributed by atoms with E-state index in [0.29, 0.717) is 90.1 Å². The summed E-state index contributed by atoms with van der Waals surface area (Å²) in [4.78, 5) is 121. The Labute approximate surface area is 678 Å². The minimum Gasteiger partial charge on any atom is -0.449 e. The van der Waals surface area contributed by atoms with Gasteiger partial charge in [-0.25, -0.2) is 9.59 Å². The maximum absolute atomic E-state index is 13.0. The lowest BCUT2D eigenvalue weighted by molar-refractivity contribution is -0.131. The Bertz CT molecular complexity index is 3210. The second-order valence-electron chi connectivity index (χ2n) is 28.1. The molecule has 7 rings (SSSR count). The lowest BCUT2D eigenvalue weighted by Crippen LogP contribution is -2.43. The Morgan fingerprint density at radius 2 is 0.757 bits per heavy atom. The van der Waals surface area contributed by atoms with Gasteiger partial charge in [-0.2, -0.15) is 81.0 Å². The van der Waals surface area contributed by atoms with Crippen LogP contribution in [0.2, 0.25) is 0 Å². The Kier molecular flexibility index (Phi) is 56.7. The van der Waals surface area contributed by atoms with Crippen molar-refractivity contribution in [2.24, 2.45) is 64.2 Å². The molecule has 3 aliphatic rings. The number of amides is 7. The van der Waals surface area contributed by atoms with E-state index in [-0.39, 0.29) is 179 Å². The van der Waals surface area contributed by atoms with Gasteiger partial charge in [0, 0.05) is 74.8 Å². The average Bonchev–Trinajstić information content (AvgIpc) is 1.63. The quantitative estimate of drug-likeness (QED) is 0.0186. The van der Waals surface area contributed by atoms with Gasteiger partial charge >= 0.3 is 12.2 Å². The van der Waals surface area contributed by atoms with E-state index >= 15 is 0 Å². The molecule has 1 saturated heterocycles. The number of piperidine rings is 1.